The molecule has 0 N–H and O–H groups in total. The molecular formula is C15H19N5OS2. The summed E-state index contributed by atoms with van der Waals surface area (Å²) < 4.78 is 4.02. The number of aromatic nitrogens is 3. The molecule has 6 nitrogen and oxygen atoms in total. The van der Waals surface area contributed by atoms with E-state index >= 15 is 0 Å². The standard InChI is InChI=1S/C15H19N5OS2/c1-10-14(23-18-17-10)7-19-4-11-2-3-13(6-19)20(15(11)21)5-12-8-22-9-16-12/h8-9,11,13H,2-7H2,1H3/t11-,13+/m0/s1. The minimum Gasteiger partial charge on any atom is -0.332 e. The number of thiazole rings is 1. The average molecular weight is 349 g/mol. The molecule has 122 valence electrons. The van der Waals surface area contributed by atoms with Crippen LogP contribution in [-0.4, -0.2) is 49.4 Å². The number of carbonyl (C=O) groups excluding carboxylic acids is 1. The van der Waals surface area contributed by atoms with Crippen LogP contribution in [0.1, 0.15) is 29.1 Å². The van der Waals surface area contributed by atoms with Crippen molar-refractivity contribution < 1.29 is 4.79 Å². The van der Waals surface area contributed by atoms with Gasteiger partial charge in [-0.15, -0.1) is 16.4 Å². The summed E-state index contributed by atoms with van der Waals surface area (Å²) in [6.07, 6.45) is 2.10. The molecule has 23 heavy (non-hydrogen) atoms. The second kappa shape index (κ2) is 6.26. The predicted octanol–water partition coefficient (Wildman–Crippen LogP) is 1.93. The fourth-order valence-corrected chi connectivity index (χ4v) is 4.78. The van der Waals surface area contributed by atoms with Crippen LogP contribution < -0.4 is 0 Å². The summed E-state index contributed by atoms with van der Waals surface area (Å²) in [6, 6.07) is 0.295. The van der Waals surface area contributed by atoms with E-state index in [1.807, 2.05) is 17.8 Å². The Morgan fingerprint density at radius 3 is 2.96 bits per heavy atom. The molecule has 1 amide bonds. The zero-order chi connectivity index (χ0) is 15.8. The highest BCUT2D eigenvalue weighted by Crippen LogP contribution is 2.31. The van der Waals surface area contributed by atoms with Crippen LogP contribution in [0.2, 0.25) is 0 Å². The first-order valence-electron chi connectivity index (χ1n) is 7.88. The third-order valence-electron chi connectivity index (χ3n) is 4.80. The summed E-state index contributed by atoms with van der Waals surface area (Å²) in [7, 11) is 0. The molecule has 0 radical (unpaired) electrons. The molecule has 2 atom stereocenters. The van der Waals surface area contributed by atoms with Crippen LogP contribution in [0.3, 0.4) is 0 Å². The van der Waals surface area contributed by atoms with E-state index in [0.29, 0.717) is 18.5 Å². The van der Waals surface area contributed by atoms with Gasteiger partial charge in [-0.2, -0.15) is 0 Å². The van der Waals surface area contributed by atoms with Gasteiger partial charge in [0.2, 0.25) is 5.91 Å². The van der Waals surface area contributed by atoms with Crippen molar-refractivity contribution in [2.24, 2.45) is 5.92 Å². The maximum atomic E-state index is 12.8. The first kappa shape index (κ1) is 15.2. The first-order valence-corrected chi connectivity index (χ1v) is 9.60. The van der Waals surface area contributed by atoms with Crippen LogP contribution in [0.15, 0.2) is 10.9 Å². The van der Waals surface area contributed by atoms with Gasteiger partial charge in [0.15, 0.2) is 0 Å². The normalized spacial score (nSPS) is 25.1. The monoisotopic (exact) mass is 349 g/mol. The lowest BCUT2D eigenvalue weighted by Crippen LogP contribution is -2.47. The number of rotatable bonds is 4. The minimum absolute atomic E-state index is 0.119. The molecule has 0 aromatic carbocycles. The van der Waals surface area contributed by atoms with E-state index in [1.165, 1.54) is 16.4 Å². The molecule has 0 aliphatic carbocycles. The number of fused-ring (bicyclic) bond motifs is 4. The second-order valence-corrected chi connectivity index (χ2v) is 7.91. The summed E-state index contributed by atoms with van der Waals surface area (Å²) in [5.41, 5.74) is 3.85. The molecule has 3 aliphatic heterocycles. The Bertz CT molecular complexity index is 686. The zero-order valence-electron chi connectivity index (χ0n) is 13.0. The Labute approximate surface area is 143 Å². The highest BCUT2D eigenvalue weighted by Gasteiger charge is 2.40. The quantitative estimate of drug-likeness (QED) is 0.844. The number of piperidine rings is 1. The molecular weight excluding hydrogens is 330 g/mol. The van der Waals surface area contributed by atoms with Crippen molar-refractivity contribution in [2.75, 3.05) is 13.1 Å². The SMILES string of the molecule is Cc1nnsc1CN1C[C@@H]2CC[C@H](C1)N(Cc1cscn1)C2=O. The predicted molar refractivity (Wildman–Crippen MR) is 89.1 cm³/mol. The van der Waals surface area contributed by atoms with Crippen molar-refractivity contribution in [1.82, 2.24) is 24.4 Å². The summed E-state index contributed by atoms with van der Waals surface area (Å²) >= 11 is 3.06. The number of amides is 1. The molecule has 3 saturated heterocycles. The van der Waals surface area contributed by atoms with Crippen molar-refractivity contribution >= 4 is 28.8 Å². The second-order valence-electron chi connectivity index (χ2n) is 6.35. The number of nitrogens with zero attached hydrogens (tertiary/aromatic N) is 5. The Kier molecular flexibility index (Phi) is 4.13. The van der Waals surface area contributed by atoms with E-state index in [-0.39, 0.29) is 5.92 Å². The Balaban J connectivity index is 1.51. The highest BCUT2D eigenvalue weighted by molar-refractivity contribution is 7.07. The van der Waals surface area contributed by atoms with Crippen LogP contribution in [-0.2, 0) is 17.9 Å². The van der Waals surface area contributed by atoms with E-state index in [4.69, 9.17) is 0 Å². The van der Waals surface area contributed by atoms with Crippen LogP contribution >= 0.6 is 22.9 Å². The fourth-order valence-electron chi connectivity index (χ4n) is 3.56. The maximum Gasteiger partial charge on any atom is 0.227 e. The minimum atomic E-state index is 0.119. The largest absolute Gasteiger partial charge is 0.332 e. The van der Waals surface area contributed by atoms with Crippen molar-refractivity contribution in [3.63, 3.8) is 0 Å². The third kappa shape index (κ3) is 3.02. The van der Waals surface area contributed by atoms with Gasteiger partial charge in [-0.05, 0) is 31.3 Å². The van der Waals surface area contributed by atoms with Crippen LogP contribution in [0.4, 0.5) is 0 Å². The van der Waals surface area contributed by atoms with Gasteiger partial charge in [-0.25, -0.2) is 4.98 Å². The lowest BCUT2D eigenvalue weighted by Gasteiger charge is -2.35. The van der Waals surface area contributed by atoms with Crippen molar-refractivity contribution in [3.8, 4) is 0 Å². The summed E-state index contributed by atoms with van der Waals surface area (Å²) in [4.78, 5) is 22.8. The zero-order valence-corrected chi connectivity index (χ0v) is 14.6. The molecule has 2 bridgehead atoms. The maximum absolute atomic E-state index is 12.8. The molecule has 2 aromatic rings. The molecule has 0 unspecified atom stereocenters. The van der Waals surface area contributed by atoms with E-state index in [9.17, 15) is 4.79 Å². The van der Waals surface area contributed by atoms with E-state index in [1.54, 1.807) is 11.3 Å². The molecule has 3 fully saturated rings. The summed E-state index contributed by atoms with van der Waals surface area (Å²) in [5.74, 6) is 0.421. The molecule has 0 saturated carbocycles. The smallest absolute Gasteiger partial charge is 0.227 e. The lowest BCUT2D eigenvalue weighted by molar-refractivity contribution is -0.140. The van der Waals surface area contributed by atoms with Gasteiger partial charge < -0.3 is 4.90 Å². The molecule has 8 heteroatoms. The molecule has 5 heterocycles. The Morgan fingerprint density at radius 1 is 1.30 bits per heavy atom. The van der Waals surface area contributed by atoms with Gasteiger partial charge in [0.1, 0.15) is 0 Å². The Morgan fingerprint density at radius 2 is 2.22 bits per heavy atom. The van der Waals surface area contributed by atoms with Gasteiger partial charge in [0.05, 0.1) is 34.2 Å². The van der Waals surface area contributed by atoms with Crippen molar-refractivity contribution in [1.29, 1.82) is 0 Å². The van der Waals surface area contributed by atoms with Gasteiger partial charge in [0, 0.05) is 31.1 Å². The topological polar surface area (TPSA) is 62.2 Å². The number of hydrogen-bond donors (Lipinski definition) is 0. The summed E-state index contributed by atoms with van der Waals surface area (Å²) in [6.45, 7) is 5.29. The number of aryl methyl sites for hydroxylation is 1. The van der Waals surface area contributed by atoms with Crippen molar-refractivity contribution in [2.45, 2.75) is 38.9 Å². The molecule has 3 aliphatic rings. The van der Waals surface area contributed by atoms with Crippen LogP contribution in [0.25, 0.3) is 0 Å². The third-order valence-corrected chi connectivity index (χ3v) is 6.24. The first-order chi connectivity index (χ1) is 11.2. The molecule has 5 rings (SSSR count). The van der Waals surface area contributed by atoms with Crippen molar-refractivity contribution in [3.05, 3.63) is 27.2 Å². The van der Waals surface area contributed by atoms with Crippen LogP contribution in [0.5, 0.6) is 0 Å². The lowest BCUT2D eigenvalue weighted by atomic mass is 9.94. The molecule has 2 aromatic heterocycles. The van der Waals surface area contributed by atoms with E-state index < -0.39 is 0 Å². The highest BCUT2D eigenvalue weighted by atomic mass is 32.1. The van der Waals surface area contributed by atoms with Gasteiger partial charge >= 0.3 is 0 Å². The van der Waals surface area contributed by atoms with Gasteiger partial charge in [-0.3, -0.25) is 9.69 Å². The Hall–Kier alpha value is -1.38. The number of hydrogen-bond acceptors (Lipinski definition) is 7. The molecule has 0 spiro atoms. The summed E-state index contributed by atoms with van der Waals surface area (Å²) in [5, 5.41) is 6.13. The van der Waals surface area contributed by atoms with E-state index in [0.717, 1.165) is 43.9 Å². The fraction of sp³-hybridized carbons (Fsp3) is 0.600. The van der Waals surface area contributed by atoms with E-state index in [2.05, 4.69) is 24.4 Å². The van der Waals surface area contributed by atoms with Crippen LogP contribution in [0, 0.1) is 12.8 Å². The average Bonchev–Trinajstić information content (AvgIpc) is 3.10. The van der Waals surface area contributed by atoms with Gasteiger partial charge in [0.25, 0.3) is 0 Å². The number of carbonyl (C=O) groups is 1. The van der Waals surface area contributed by atoms with Gasteiger partial charge in [-0.1, -0.05) is 4.49 Å².